The van der Waals surface area contributed by atoms with Crippen LogP contribution in [0.2, 0.25) is 0 Å². The highest BCUT2D eigenvalue weighted by Gasteiger charge is 1.95. The van der Waals surface area contributed by atoms with Crippen LogP contribution in [0.25, 0.3) is 6.08 Å². The predicted molar refractivity (Wildman–Crippen MR) is 40.6 cm³/mol. The Hall–Kier alpha value is -1.58. The molecule has 1 aromatic rings. The van der Waals surface area contributed by atoms with Crippen molar-refractivity contribution < 1.29 is 9.73 Å². The van der Waals surface area contributed by atoms with Crippen LogP contribution in [0.15, 0.2) is 22.0 Å². The quantitative estimate of drug-likeness (QED) is 0.396. The highest BCUT2D eigenvalue weighted by Crippen LogP contribution is 2.06. The summed E-state index contributed by atoms with van der Waals surface area (Å²) in [6.07, 6.45) is 6.20. The van der Waals surface area contributed by atoms with Gasteiger partial charge in [-0.05, 0) is 19.1 Å². The first-order valence-corrected chi connectivity index (χ1v) is 3.10. The van der Waals surface area contributed by atoms with Crippen molar-refractivity contribution in [1.82, 2.24) is 5.16 Å². The molecule has 0 amide bonds. The van der Waals surface area contributed by atoms with Crippen LogP contribution in [0.4, 0.5) is 0 Å². The molecule has 0 aliphatic heterocycles. The first kappa shape index (κ1) is 7.53. The Bertz CT molecular complexity index is 276. The monoisotopic (exact) mass is 152 g/mol. The molecule has 1 heterocycles. The minimum Gasteiger partial charge on any atom is -0.411 e. The van der Waals surface area contributed by atoms with Gasteiger partial charge in [0, 0.05) is 5.56 Å². The van der Waals surface area contributed by atoms with Crippen molar-refractivity contribution >= 4 is 12.3 Å². The van der Waals surface area contributed by atoms with Crippen LogP contribution in [0.1, 0.15) is 11.3 Å². The van der Waals surface area contributed by atoms with E-state index in [1.54, 1.807) is 18.3 Å². The van der Waals surface area contributed by atoms with Gasteiger partial charge < -0.3 is 9.73 Å². The molecule has 0 radical (unpaired) electrons. The average Bonchev–Trinajstić information content (AvgIpc) is 2.37. The summed E-state index contributed by atoms with van der Waals surface area (Å²) in [7, 11) is 0. The van der Waals surface area contributed by atoms with Gasteiger partial charge in [-0.15, -0.1) is 0 Å². The number of nitrogens with zero attached hydrogens (tertiary/aromatic N) is 2. The average molecular weight is 152 g/mol. The second-order valence-electron chi connectivity index (χ2n) is 1.96. The zero-order chi connectivity index (χ0) is 8.10. The van der Waals surface area contributed by atoms with Crippen molar-refractivity contribution in [3.63, 3.8) is 0 Å². The van der Waals surface area contributed by atoms with E-state index in [-0.39, 0.29) is 0 Å². The van der Waals surface area contributed by atoms with Gasteiger partial charge in [0.05, 0.1) is 12.4 Å². The number of allylic oxidation sites excluding steroid dienone is 1. The largest absolute Gasteiger partial charge is 0.411 e. The van der Waals surface area contributed by atoms with Crippen LogP contribution >= 0.6 is 0 Å². The molecule has 0 saturated heterocycles. The maximum Gasteiger partial charge on any atom is 0.140 e. The van der Waals surface area contributed by atoms with Gasteiger partial charge >= 0.3 is 0 Å². The number of oxime groups is 1. The molecule has 0 aromatic carbocycles. The molecule has 1 rings (SSSR count). The third-order valence-electron chi connectivity index (χ3n) is 1.22. The maximum absolute atomic E-state index is 8.04. The third-order valence-corrected chi connectivity index (χ3v) is 1.22. The van der Waals surface area contributed by atoms with E-state index in [0.717, 1.165) is 11.3 Å². The van der Waals surface area contributed by atoms with E-state index in [1.807, 2.05) is 6.92 Å². The van der Waals surface area contributed by atoms with E-state index in [4.69, 9.17) is 9.73 Å². The van der Waals surface area contributed by atoms with E-state index in [1.165, 1.54) is 6.21 Å². The van der Waals surface area contributed by atoms with Crippen molar-refractivity contribution in [2.45, 2.75) is 6.92 Å². The standard InChI is InChI=1S/C7H8N2O2/c1-6-7(5-9-11-6)3-2-4-8-10/h2-5,10H,1H3/b3-2+,8-4-. The number of rotatable bonds is 2. The number of aromatic nitrogens is 1. The van der Waals surface area contributed by atoms with Gasteiger partial charge in [-0.3, -0.25) is 0 Å². The van der Waals surface area contributed by atoms with Gasteiger partial charge in [-0.2, -0.15) is 0 Å². The minimum atomic E-state index is 0.743. The summed E-state index contributed by atoms with van der Waals surface area (Å²) in [5.41, 5.74) is 0.880. The molecule has 1 N–H and O–H groups in total. The third kappa shape index (κ3) is 1.93. The molecule has 0 aliphatic carbocycles. The molecule has 0 spiro atoms. The van der Waals surface area contributed by atoms with E-state index in [2.05, 4.69) is 10.3 Å². The lowest BCUT2D eigenvalue weighted by molar-refractivity contribution is 0.322. The summed E-state index contributed by atoms with van der Waals surface area (Å²) in [6, 6.07) is 0. The molecule has 0 atom stereocenters. The first-order valence-electron chi connectivity index (χ1n) is 3.10. The summed E-state index contributed by atoms with van der Waals surface area (Å²) in [4.78, 5) is 0. The topological polar surface area (TPSA) is 58.6 Å². The van der Waals surface area contributed by atoms with Gasteiger partial charge in [0.1, 0.15) is 5.76 Å². The van der Waals surface area contributed by atoms with Crippen LogP contribution in [-0.2, 0) is 0 Å². The van der Waals surface area contributed by atoms with E-state index < -0.39 is 0 Å². The number of hydrogen-bond donors (Lipinski definition) is 1. The molecule has 0 fully saturated rings. The number of hydrogen-bond acceptors (Lipinski definition) is 4. The fraction of sp³-hybridized carbons (Fsp3) is 0.143. The molecule has 0 aliphatic rings. The maximum atomic E-state index is 8.04. The summed E-state index contributed by atoms with van der Waals surface area (Å²) >= 11 is 0. The van der Waals surface area contributed by atoms with Crippen LogP contribution in [0.5, 0.6) is 0 Å². The Labute approximate surface area is 63.8 Å². The molecule has 11 heavy (non-hydrogen) atoms. The van der Waals surface area contributed by atoms with Gasteiger partial charge in [0.25, 0.3) is 0 Å². The van der Waals surface area contributed by atoms with Crippen LogP contribution in [0.3, 0.4) is 0 Å². The van der Waals surface area contributed by atoms with Crippen molar-refractivity contribution in [2.75, 3.05) is 0 Å². The normalized spacial score (nSPS) is 11.7. The summed E-state index contributed by atoms with van der Waals surface area (Å²) < 4.78 is 4.79. The molecule has 4 heteroatoms. The van der Waals surface area contributed by atoms with Crippen molar-refractivity contribution in [1.29, 1.82) is 0 Å². The molecule has 1 aromatic heterocycles. The number of aryl methyl sites for hydroxylation is 1. The van der Waals surface area contributed by atoms with Gasteiger partial charge in [-0.1, -0.05) is 10.3 Å². The molecular weight excluding hydrogens is 144 g/mol. The lowest BCUT2D eigenvalue weighted by Gasteiger charge is -1.81. The van der Waals surface area contributed by atoms with E-state index in [9.17, 15) is 0 Å². The molecule has 0 saturated carbocycles. The second kappa shape index (κ2) is 3.55. The Morgan fingerprint density at radius 3 is 3.09 bits per heavy atom. The van der Waals surface area contributed by atoms with Crippen LogP contribution in [0, 0.1) is 6.92 Å². The summed E-state index contributed by atoms with van der Waals surface area (Å²) in [6.45, 7) is 1.81. The zero-order valence-corrected chi connectivity index (χ0v) is 6.06. The first-order chi connectivity index (χ1) is 5.34. The lowest BCUT2D eigenvalue weighted by atomic mass is 10.2. The molecule has 0 bridgehead atoms. The second-order valence-corrected chi connectivity index (χ2v) is 1.96. The Morgan fingerprint density at radius 2 is 2.55 bits per heavy atom. The highest BCUT2D eigenvalue weighted by molar-refractivity contribution is 5.77. The van der Waals surface area contributed by atoms with Crippen molar-refractivity contribution in [2.24, 2.45) is 5.16 Å². The molecule has 4 nitrogen and oxygen atoms in total. The van der Waals surface area contributed by atoms with Crippen molar-refractivity contribution in [3.8, 4) is 0 Å². The Morgan fingerprint density at radius 1 is 1.73 bits per heavy atom. The molecule has 0 unspecified atom stereocenters. The Balaban J connectivity index is 2.71. The summed E-state index contributed by atoms with van der Waals surface area (Å²) in [5, 5.41) is 14.4. The highest BCUT2D eigenvalue weighted by atomic mass is 16.5. The lowest BCUT2D eigenvalue weighted by Crippen LogP contribution is -1.69. The van der Waals surface area contributed by atoms with Crippen LogP contribution < -0.4 is 0 Å². The summed E-state index contributed by atoms with van der Waals surface area (Å²) in [5.74, 6) is 0.743. The predicted octanol–water partition coefficient (Wildman–Crippen LogP) is 1.46. The SMILES string of the molecule is Cc1oncc1/C=C/C=N\O. The fourth-order valence-corrected chi connectivity index (χ4v) is 0.651. The Kier molecular flexibility index (Phi) is 2.43. The smallest absolute Gasteiger partial charge is 0.140 e. The van der Waals surface area contributed by atoms with Gasteiger partial charge in [0.15, 0.2) is 0 Å². The zero-order valence-electron chi connectivity index (χ0n) is 6.06. The molecule has 58 valence electrons. The van der Waals surface area contributed by atoms with E-state index in [0.29, 0.717) is 0 Å². The van der Waals surface area contributed by atoms with Gasteiger partial charge in [0.2, 0.25) is 0 Å². The van der Waals surface area contributed by atoms with Crippen LogP contribution in [-0.4, -0.2) is 16.6 Å². The van der Waals surface area contributed by atoms with Gasteiger partial charge in [-0.25, -0.2) is 0 Å². The fourth-order valence-electron chi connectivity index (χ4n) is 0.651. The van der Waals surface area contributed by atoms with Crippen molar-refractivity contribution in [3.05, 3.63) is 23.6 Å². The minimum absolute atomic E-state index is 0.743. The molecular formula is C7H8N2O2. The van der Waals surface area contributed by atoms with E-state index >= 15 is 0 Å².